The standard InChI is InChI=1S/C16H19N3O2/c1-20-14-6-5-12(15(8-14)21-2)9-17-16-7-13(10-18-19-16)11-3-4-11/h5-8,10-11H,3-4,9H2,1-2H3,(H,17,19). The molecule has 0 atom stereocenters. The molecular formula is C16H19N3O2. The van der Waals surface area contributed by atoms with Gasteiger partial charge >= 0.3 is 0 Å². The average molecular weight is 285 g/mol. The maximum Gasteiger partial charge on any atom is 0.149 e. The monoisotopic (exact) mass is 285 g/mol. The molecule has 0 bridgehead atoms. The van der Waals surface area contributed by atoms with E-state index in [0.29, 0.717) is 12.5 Å². The summed E-state index contributed by atoms with van der Waals surface area (Å²) in [5.74, 6) is 3.06. The summed E-state index contributed by atoms with van der Waals surface area (Å²) in [6.45, 7) is 0.635. The third kappa shape index (κ3) is 3.24. The number of nitrogens with zero attached hydrogens (tertiary/aromatic N) is 2. The number of hydrogen-bond donors (Lipinski definition) is 1. The summed E-state index contributed by atoms with van der Waals surface area (Å²) in [6.07, 6.45) is 4.38. The van der Waals surface area contributed by atoms with Crippen molar-refractivity contribution < 1.29 is 9.47 Å². The minimum atomic E-state index is 0.635. The second kappa shape index (κ2) is 5.99. The lowest BCUT2D eigenvalue weighted by Crippen LogP contribution is -2.04. The summed E-state index contributed by atoms with van der Waals surface area (Å²) in [7, 11) is 3.30. The van der Waals surface area contributed by atoms with Gasteiger partial charge in [0, 0.05) is 18.2 Å². The maximum absolute atomic E-state index is 5.39. The summed E-state index contributed by atoms with van der Waals surface area (Å²) in [4.78, 5) is 0. The van der Waals surface area contributed by atoms with Gasteiger partial charge in [0.25, 0.3) is 0 Å². The highest BCUT2D eigenvalue weighted by Crippen LogP contribution is 2.40. The third-order valence-corrected chi connectivity index (χ3v) is 3.68. The first-order chi connectivity index (χ1) is 10.3. The van der Waals surface area contributed by atoms with E-state index >= 15 is 0 Å². The predicted octanol–water partition coefficient (Wildman–Crippen LogP) is 2.98. The second-order valence-corrected chi connectivity index (χ2v) is 5.18. The van der Waals surface area contributed by atoms with Crippen LogP contribution >= 0.6 is 0 Å². The molecule has 0 spiro atoms. The van der Waals surface area contributed by atoms with Crippen molar-refractivity contribution in [1.29, 1.82) is 0 Å². The van der Waals surface area contributed by atoms with Crippen LogP contribution in [0.25, 0.3) is 0 Å². The molecule has 5 heteroatoms. The fourth-order valence-electron chi connectivity index (χ4n) is 2.29. The zero-order valence-corrected chi connectivity index (χ0v) is 12.3. The van der Waals surface area contributed by atoms with Crippen LogP contribution in [-0.4, -0.2) is 24.4 Å². The van der Waals surface area contributed by atoms with Gasteiger partial charge < -0.3 is 14.8 Å². The fourth-order valence-corrected chi connectivity index (χ4v) is 2.29. The van der Waals surface area contributed by atoms with E-state index in [9.17, 15) is 0 Å². The summed E-state index contributed by atoms with van der Waals surface area (Å²) in [5, 5.41) is 11.5. The highest BCUT2D eigenvalue weighted by molar-refractivity contribution is 5.44. The van der Waals surface area contributed by atoms with Gasteiger partial charge in [0.2, 0.25) is 0 Å². The van der Waals surface area contributed by atoms with Gasteiger partial charge in [-0.3, -0.25) is 0 Å². The Morgan fingerprint density at radius 1 is 1.19 bits per heavy atom. The Morgan fingerprint density at radius 3 is 2.76 bits per heavy atom. The molecule has 1 fully saturated rings. The first kappa shape index (κ1) is 13.7. The van der Waals surface area contributed by atoms with E-state index < -0.39 is 0 Å². The Morgan fingerprint density at radius 2 is 2.05 bits per heavy atom. The molecule has 1 aromatic heterocycles. The van der Waals surface area contributed by atoms with Crippen molar-refractivity contribution >= 4 is 5.82 Å². The maximum atomic E-state index is 5.39. The number of aromatic nitrogens is 2. The molecule has 1 aromatic carbocycles. The number of benzene rings is 1. The number of nitrogens with one attached hydrogen (secondary N) is 1. The van der Waals surface area contributed by atoms with E-state index in [2.05, 4.69) is 21.6 Å². The zero-order chi connectivity index (χ0) is 14.7. The van der Waals surface area contributed by atoms with Crippen LogP contribution in [0.1, 0.15) is 29.9 Å². The lowest BCUT2D eigenvalue weighted by atomic mass is 10.2. The Bertz CT molecular complexity index is 627. The van der Waals surface area contributed by atoms with Gasteiger partial charge in [0.1, 0.15) is 17.3 Å². The van der Waals surface area contributed by atoms with E-state index in [1.807, 2.05) is 24.4 Å². The minimum absolute atomic E-state index is 0.635. The predicted molar refractivity (Wildman–Crippen MR) is 80.9 cm³/mol. The van der Waals surface area contributed by atoms with Crippen LogP contribution in [0.15, 0.2) is 30.5 Å². The molecular weight excluding hydrogens is 266 g/mol. The average Bonchev–Trinajstić information content (AvgIpc) is 3.38. The van der Waals surface area contributed by atoms with Crippen LogP contribution in [0, 0.1) is 0 Å². The number of hydrogen-bond acceptors (Lipinski definition) is 5. The van der Waals surface area contributed by atoms with E-state index in [0.717, 1.165) is 22.9 Å². The molecule has 21 heavy (non-hydrogen) atoms. The summed E-state index contributed by atoms with van der Waals surface area (Å²) >= 11 is 0. The van der Waals surface area contributed by atoms with Crippen LogP contribution < -0.4 is 14.8 Å². The molecule has 3 rings (SSSR count). The van der Waals surface area contributed by atoms with Crippen molar-refractivity contribution in [3.63, 3.8) is 0 Å². The van der Waals surface area contributed by atoms with Crippen molar-refractivity contribution in [2.45, 2.75) is 25.3 Å². The molecule has 5 nitrogen and oxygen atoms in total. The summed E-state index contributed by atoms with van der Waals surface area (Å²) in [5.41, 5.74) is 2.33. The van der Waals surface area contributed by atoms with Gasteiger partial charge in [-0.05, 0) is 42.5 Å². The van der Waals surface area contributed by atoms with Gasteiger partial charge in [-0.15, -0.1) is 5.10 Å². The Labute approximate surface area is 124 Å². The Hall–Kier alpha value is -2.30. The highest BCUT2D eigenvalue weighted by Gasteiger charge is 2.24. The van der Waals surface area contributed by atoms with E-state index in [-0.39, 0.29) is 0 Å². The molecule has 2 aromatic rings. The van der Waals surface area contributed by atoms with Crippen molar-refractivity contribution in [2.24, 2.45) is 0 Å². The minimum Gasteiger partial charge on any atom is -0.497 e. The molecule has 1 aliphatic rings. The molecule has 1 saturated carbocycles. The van der Waals surface area contributed by atoms with Crippen molar-refractivity contribution in [1.82, 2.24) is 10.2 Å². The first-order valence-electron chi connectivity index (χ1n) is 7.07. The molecule has 1 aliphatic carbocycles. The van der Waals surface area contributed by atoms with Gasteiger partial charge in [-0.25, -0.2) is 0 Å². The van der Waals surface area contributed by atoms with Crippen molar-refractivity contribution in [3.8, 4) is 11.5 Å². The highest BCUT2D eigenvalue weighted by atomic mass is 16.5. The van der Waals surface area contributed by atoms with E-state index in [4.69, 9.17) is 9.47 Å². The normalized spacial score (nSPS) is 13.8. The van der Waals surface area contributed by atoms with Gasteiger partial charge in [-0.2, -0.15) is 5.10 Å². The second-order valence-electron chi connectivity index (χ2n) is 5.18. The molecule has 1 heterocycles. The first-order valence-corrected chi connectivity index (χ1v) is 7.07. The van der Waals surface area contributed by atoms with Crippen molar-refractivity contribution in [3.05, 3.63) is 41.6 Å². The zero-order valence-electron chi connectivity index (χ0n) is 12.3. The SMILES string of the molecule is COc1ccc(CNc2cc(C3CC3)cnn2)c(OC)c1. The molecule has 0 unspecified atom stereocenters. The smallest absolute Gasteiger partial charge is 0.149 e. The summed E-state index contributed by atoms with van der Waals surface area (Å²) < 4.78 is 10.6. The molecule has 110 valence electrons. The Balaban J connectivity index is 1.70. The third-order valence-electron chi connectivity index (χ3n) is 3.68. The molecule has 0 aliphatic heterocycles. The summed E-state index contributed by atoms with van der Waals surface area (Å²) in [6, 6.07) is 7.87. The van der Waals surface area contributed by atoms with Crippen LogP contribution in [0.3, 0.4) is 0 Å². The van der Waals surface area contributed by atoms with Gasteiger partial charge in [0.05, 0.1) is 20.4 Å². The number of anilines is 1. The van der Waals surface area contributed by atoms with E-state index in [1.54, 1.807) is 14.2 Å². The lowest BCUT2D eigenvalue weighted by Gasteiger charge is -2.11. The fraction of sp³-hybridized carbons (Fsp3) is 0.375. The van der Waals surface area contributed by atoms with Crippen LogP contribution in [0.4, 0.5) is 5.82 Å². The Kier molecular flexibility index (Phi) is 3.90. The lowest BCUT2D eigenvalue weighted by molar-refractivity contribution is 0.391. The van der Waals surface area contributed by atoms with Crippen LogP contribution in [-0.2, 0) is 6.54 Å². The molecule has 0 saturated heterocycles. The van der Waals surface area contributed by atoms with Crippen molar-refractivity contribution in [2.75, 3.05) is 19.5 Å². The van der Waals surface area contributed by atoms with Gasteiger partial charge in [0.15, 0.2) is 0 Å². The number of methoxy groups -OCH3 is 2. The quantitative estimate of drug-likeness (QED) is 0.884. The molecule has 0 radical (unpaired) electrons. The van der Waals surface area contributed by atoms with E-state index in [1.165, 1.54) is 18.4 Å². The number of ether oxygens (including phenoxy) is 2. The molecule has 0 amide bonds. The van der Waals surface area contributed by atoms with Crippen LogP contribution in [0.5, 0.6) is 11.5 Å². The number of rotatable bonds is 6. The molecule has 1 N–H and O–H groups in total. The van der Waals surface area contributed by atoms with Gasteiger partial charge in [-0.1, -0.05) is 0 Å². The largest absolute Gasteiger partial charge is 0.497 e. The topological polar surface area (TPSA) is 56.3 Å². The van der Waals surface area contributed by atoms with Crippen LogP contribution in [0.2, 0.25) is 0 Å².